The molecule has 0 saturated carbocycles. The second-order valence-electron chi connectivity index (χ2n) is 3.16. The highest BCUT2D eigenvalue weighted by atomic mass is 28.3. The summed E-state index contributed by atoms with van der Waals surface area (Å²) in [6.07, 6.45) is 1.95. The number of hydrogen-bond donors (Lipinski definition) is 1. The van der Waals surface area contributed by atoms with Gasteiger partial charge in [-0.15, -0.1) is 0 Å². The van der Waals surface area contributed by atoms with Crippen LogP contribution in [0.15, 0.2) is 18.3 Å². The highest BCUT2D eigenvalue weighted by molar-refractivity contribution is 6.44. The van der Waals surface area contributed by atoms with Gasteiger partial charge in [0.2, 0.25) is 0 Å². The minimum Gasteiger partial charge on any atom is -0.400 e. The van der Waals surface area contributed by atoms with E-state index in [0.29, 0.717) is 5.92 Å². The zero-order valence-corrected chi connectivity index (χ0v) is 9.57. The van der Waals surface area contributed by atoms with E-state index in [1.54, 1.807) is 14.2 Å². The van der Waals surface area contributed by atoms with Gasteiger partial charge in [-0.05, 0) is 24.1 Å². The van der Waals surface area contributed by atoms with E-state index in [1.807, 2.05) is 12.3 Å². The standard InChI is InChI=1S/C9H17NO2Si/c1-8(7-13(11-2)12-3)9-5-4-6-10-9/h4-6,8,10,13H,7H2,1-3H3. The van der Waals surface area contributed by atoms with E-state index < -0.39 is 9.28 Å². The molecule has 1 rings (SSSR count). The lowest BCUT2D eigenvalue weighted by Crippen LogP contribution is -2.21. The third-order valence-corrected chi connectivity index (χ3v) is 4.37. The van der Waals surface area contributed by atoms with Gasteiger partial charge in [0.1, 0.15) is 0 Å². The van der Waals surface area contributed by atoms with Gasteiger partial charge in [0.05, 0.1) is 0 Å². The number of aromatic nitrogens is 1. The van der Waals surface area contributed by atoms with Crippen LogP contribution in [0.5, 0.6) is 0 Å². The van der Waals surface area contributed by atoms with Crippen LogP contribution in [0.3, 0.4) is 0 Å². The molecule has 1 aromatic heterocycles. The molecule has 4 heteroatoms. The fraction of sp³-hybridized carbons (Fsp3) is 0.556. The highest BCUT2D eigenvalue weighted by Gasteiger charge is 2.16. The Labute approximate surface area is 80.9 Å². The van der Waals surface area contributed by atoms with E-state index in [-0.39, 0.29) is 0 Å². The van der Waals surface area contributed by atoms with Crippen LogP contribution in [-0.4, -0.2) is 28.5 Å². The molecule has 0 aliphatic carbocycles. The summed E-state index contributed by atoms with van der Waals surface area (Å²) in [7, 11) is 2.03. The second kappa shape index (κ2) is 5.21. The molecule has 0 fully saturated rings. The smallest absolute Gasteiger partial charge is 0.321 e. The van der Waals surface area contributed by atoms with E-state index in [9.17, 15) is 0 Å². The molecule has 0 saturated heterocycles. The summed E-state index contributed by atoms with van der Waals surface area (Å²) in [6, 6.07) is 5.12. The molecule has 74 valence electrons. The fourth-order valence-electron chi connectivity index (χ4n) is 1.36. The monoisotopic (exact) mass is 199 g/mol. The predicted molar refractivity (Wildman–Crippen MR) is 55.2 cm³/mol. The summed E-state index contributed by atoms with van der Waals surface area (Å²) in [6.45, 7) is 2.18. The van der Waals surface area contributed by atoms with Crippen LogP contribution in [0.1, 0.15) is 18.5 Å². The van der Waals surface area contributed by atoms with Crippen molar-refractivity contribution in [2.75, 3.05) is 14.2 Å². The Morgan fingerprint density at radius 3 is 2.62 bits per heavy atom. The third kappa shape index (κ3) is 2.98. The third-order valence-electron chi connectivity index (χ3n) is 2.22. The van der Waals surface area contributed by atoms with Crippen molar-refractivity contribution in [1.82, 2.24) is 4.98 Å². The number of hydrogen-bond acceptors (Lipinski definition) is 2. The first-order valence-electron chi connectivity index (χ1n) is 4.46. The molecular formula is C9H17NO2Si. The van der Waals surface area contributed by atoms with E-state index >= 15 is 0 Å². The van der Waals surface area contributed by atoms with Crippen molar-refractivity contribution in [3.05, 3.63) is 24.0 Å². The summed E-state index contributed by atoms with van der Waals surface area (Å²) in [5, 5.41) is 0. The first kappa shape index (κ1) is 10.5. The Morgan fingerprint density at radius 2 is 2.15 bits per heavy atom. The molecule has 13 heavy (non-hydrogen) atoms. The summed E-state index contributed by atoms with van der Waals surface area (Å²) in [4.78, 5) is 3.20. The maximum Gasteiger partial charge on any atom is 0.321 e. The largest absolute Gasteiger partial charge is 0.400 e. The van der Waals surface area contributed by atoms with Crippen LogP contribution in [0.2, 0.25) is 6.04 Å². The van der Waals surface area contributed by atoms with Gasteiger partial charge in [-0.3, -0.25) is 0 Å². The Balaban J connectivity index is 2.45. The van der Waals surface area contributed by atoms with Crippen LogP contribution in [0, 0.1) is 0 Å². The first-order chi connectivity index (χ1) is 6.27. The maximum atomic E-state index is 5.27. The summed E-state index contributed by atoms with van der Waals surface area (Å²) in [5.41, 5.74) is 1.26. The molecule has 0 bridgehead atoms. The number of aromatic amines is 1. The fourth-order valence-corrected chi connectivity index (χ4v) is 2.76. The topological polar surface area (TPSA) is 34.2 Å². The lowest BCUT2D eigenvalue weighted by Gasteiger charge is -2.15. The molecule has 1 unspecified atom stereocenters. The van der Waals surface area contributed by atoms with Gasteiger partial charge in [0, 0.05) is 26.1 Å². The molecule has 1 N–H and O–H groups in total. The predicted octanol–water partition coefficient (Wildman–Crippen LogP) is 1.63. The van der Waals surface area contributed by atoms with Crippen LogP contribution >= 0.6 is 0 Å². The van der Waals surface area contributed by atoms with Gasteiger partial charge in [-0.1, -0.05) is 6.92 Å². The van der Waals surface area contributed by atoms with Crippen LogP contribution in [-0.2, 0) is 8.85 Å². The zero-order valence-electron chi connectivity index (χ0n) is 8.41. The average molecular weight is 199 g/mol. The van der Waals surface area contributed by atoms with E-state index in [4.69, 9.17) is 8.85 Å². The lowest BCUT2D eigenvalue weighted by molar-refractivity contribution is 0.275. The van der Waals surface area contributed by atoms with Crippen molar-refractivity contribution in [3.63, 3.8) is 0 Å². The Bertz CT molecular complexity index is 222. The Hall–Kier alpha value is -0.583. The van der Waals surface area contributed by atoms with Crippen molar-refractivity contribution >= 4 is 9.28 Å². The SMILES string of the molecule is CO[SiH](CC(C)c1ccc[nH]1)OC. The average Bonchev–Trinajstić information content (AvgIpc) is 2.66. The summed E-state index contributed by atoms with van der Waals surface area (Å²) < 4.78 is 10.5. The molecule has 3 nitrogen and oxygen atoms in total. The Kier molecular flexibility index (Phi) is 4.21. The minimum absolute atomic E-state index is 0.492. The number of H-pyrrole nitrogens is 1. The van der Waals surface area contributed by atoms with Crippen molar-refractivity contribution in [2.24, 2.45) is 0 Å². The molecule has 1 aromatic rings. The second-order valence-corrected chi connectivity index (χ2v) is 5.44. The number of rotatable bonds is 5. The normalized spacial score (nSPS) is 13.5. The highest BCUT2D eigenvalue weighted by Crippen LogP contribution is 2.19. The van der Waals surface area contributed by atoms with Gasteiger partial charge < -0.3 is 13.8 Å². The van der Waals surface area contributed by atoms with Crippen molar-refractivity contribution in [2.45, 2.75) is 18.9 Å². The minimum atomic E-state index is -1.41. The molecule has 1 atom stereocenters. The Morgan fingerprint density at radius 1 is 1.46 bits per heavy atom. The zero-order chi connectivity index (χ0) is 9.68. The number of nitrogens with one attached hydrogen (secondary N) is 1. The summed E-state index contributed by atoms with van der Waals surface area (Å²) in [5.74, 6) is 0.492. The van der Waals surface area contributed by atoms with Crippen molar-refractivity contribution < 1.29 is 8.85 Å². The van der Waals surface area contributed by atoms with Gasteiger partial charge >= 0.3 is 9.28 Å². The van der Waals surface area contributed by atoms with Crippen LogP contribution in [0.4, 0.5) is 0 Å². The van der Waals surface area contributed by atoms with E-state index in [1.165, 1.54) is 5.69 Å². The van der Waals surface area contributed by atoms with Crippen molar-refractivity contribution in [3.8, 4) is 0 Å². The molecule has 0 spiro atoms. The van der Waals surface area contributed by atoms with Gasteiger partial charge in [-0.2, -0.15) is 0 Å². The molecule has 0 aliphatic rings. The first-order valence-corrected chi connectivity index (χ1v) is 6.22. The van der Waals surface area contributed by atoms with Gasteiger partial charge in [-0.25, -0.2) is 0 Å². The maximum absolute atomic E-state index is 5.27. The molecule has 1 heterocycles. The molecule has 0 aromatic carbocycles. The van der Waals surface area contributed by atoms with E-state index in [2.05, 4.69) is 18.0 Å². The van der Waals surface area contributed by atoms with Gasteiger partial charge in [0.25, 0.3) is 0 Å². The molecule has 0 amide bonds. The lowest BCUT2D eigenvalue weighted by atomic mass is 10.1. The van der Waals surface area contributed by atoms with Crippen LogP contribution < -0.4 is 0 Å². The summed E-state index contributed by atoms with van der Waals surface area (Å²) >= 11 is 0. The van der Waals surface area contributed by atoms with Crippen LogP contribution in [0.25, 0.3) is 0 Å². The molecular weight excluding hydrogens is 182 g/mol. The van der Waals surface area contributed by atoms with Crippen molar-refractivity contribution in [1.29, 1.82) is 0 Å². The quantitative estimate of drug-likeness (QED) is 0.731. The van der Waals surface area contributed by atoms with E-state index in [0.717, 1.165) is 6.04 Å². The molecule has 0 radical (unpaired) electrons. The van der Waals surface area contributed by atoms with Gasteiger partial charge in [0.15, 0.2) is 0 Å². The molecule has 0 aliphatic heterocycles.